The van der Waals surface area contributed by atoms with Gasteiger partial charge >= 0.3 is 0 Å². The molecule has 0 saturated heterocycles. The van der Waals surface area contributed by atoms with Crippen molar-refractivity contribution in [3.8, 4) is 5.75 Å². The lowest BCUT2D eigenvalue weighted by molar-refractivity contribution is -0.116. The number of aliphatic hydroxyl groups is 1. The molecule has 2 N–H and O–H groups in total. The van der Waals surface area contributed by atoms with Crippen molar-refractivity contribution in [1.29, 1.82) is 0 Å². The summed E-state index contributed by atoms with van der Waals surface area (Å²) in [5.74, 6) is 0.620. The highest BCUT2D eigenvalue weighted by atomic mass is 35.5. The highest BCUT2D eigenvalue weighted by molar-refractivity contribution is 6.27. The van der Waals surface area contributed by atoms with Crippen molar-refractivity contribution in [2.24, 2.45) is 5.92 Å². The first kappa shape index (κ1) is 18.0. The molecule has 0 saturated carbocycles. The van der Waals surface area contributed by atoms with Crippen molar-refractivity contribution in [2.75, 3.05) is 26.1 Å². The molecule has 0 fully saturated rings. The van der Waals surface area contributed by atoms with Gasteiger partial charge in [0.15, 0.2) is 5.78 Å². The van der Waals surface area contributed by atoms with Crippen LogP contribution in [-0.2, 0) is 10.4 Å². The largest absolute Gasteiger partial charge is 0.497 e. The maximum Gasteiger partial charge on any atom is 0.161 e. The molecule has 0 spiro atoms. The topological polar surface area (TPSA) is 58.6 Å². The Labute approximate surface area is 131 Å². The second-order valence-electron chi connectivity index (χ2n) is 5.21. The second-order valence-corrected chi connectivity index (χ2v) is 5.48. The number of Topliss-reactive ketones (excluding diaryl/α,β-unsaturated/α-hetero) is 1. The molecule has 0 aliphatic carbocycles. The van der Waals surface area contributed by atoms with Crippen LogP contribution in [0.25, 0.3) is 0 Å². The minimum atomic E-state index is -0.967. The van der Waals surface area contributed by atoms with Crippen LogP contribution in [0.3, 0.4) is 0 Å². The van der Waals surface area contributed by atoms with E-state index >= 15 is 0 Å². The Hall–Kier alpha value is -1.10. The van der Waals surface area contributed by atoms with Crippen molar-refractivity contribution >= 4 is 17.4 Å². The third-order valence-electron chi connectivity index (χ3n) is 3.85. The Morgan fingerprint density at radius 3 is 2.81 bits per heavy atom. The predicted molar refractivity (Wildman–Crippen MR) is 84.9 cm³/mol. The van der Waals surface area contributed by atoms with Crippen LogP contribution in [0, 0.1) is 5.92 Å². The number of alkyl halides is 1. The fraction of sp³-hybridized carbons (Fsp3) is 0.562. The third-order valence-corrected chi connectivity index (χ3v) is 4.14. The lowest BCUT2D eigenvalue weighted by Crippen LogP contribution is -2.40. The van der Waals surface area contributed by atoms with E-state index < -0.39 is 5.60 Å². The van der Waals surface area contributed by atoms with Crippen LogP contribution in [0.1, 0.15) is 25.8 Å². The molecule has 0 aromatic heterocycles. The van der Waals surface area contributed by atoms with Gasteiger partial charge in [-0.05, 0) is 24.1 Å². The summed E-state index contributed by atoms with van der Waals surface area (Å²) in [6.45, 7) is 4.66. The molecule has 0 aliphatic heterocycles. The van der Waals surface area contributed by atoms with E-state index in [4.69, 9.17) is 16.3 Å². The van der Waals surface area contributed by atoms with Gasteiger partial charge in [-0.25, -0.2) is 0 Å². The lowest BCUT2D eigenvalue weighted by Gasteiger charge is -2.34. The fourth-order valence-corrected chi connectivity index (χ4v) is 2.47. The number of hydrogen-bond donors (Lipinski definition) is 2. The highest BCUT2D eigenvalue weighted by Gasteiger charge is 2.33. The second kappa shape index (κ2) is 8.37. The molecule has 2 unspecified atom stereocenters. The smallest absolute Gasteiger partial charge is 0.161 e. The molecule has 118 valence electrons. The minimum Gasteiger partial charge on any atom is -0.497 e. The van der Waals surface area contributed by atoms with Gasteiger partial charge in [-0.3, -0.25) is 4.79 Å². The van der Waals surface area contributed by atoms with Gasteiger partial charge in [0.05, 0.1) is 25.1 Å². The summed E-state index contributed by atoms with van der Waals surface area (Å²) in [7, 11) is 1.60. The number of halogens is 1. The minimum absolute atomic E-state index is 0.00924. The molecule has 0 aliphatic rings. The molecule has 0 radical (unpaired) electrons. The lowest BCUT2D eigenvalue weighted by atomic mass is 9.80. The summed E-state index contributed by atoms with van der Waals surface area (Å²) in [6.07, 6.45) is 0.576. The average Bonchev–Trinajstić information content (AvgIpc) is 2.53. The fourth-order valence-electron chi connectivity index (χ4n) is 2.37. The first-order chi connectivity index (χ1) is 9.97. The standard InChI is InChI=1S/C16H24ClNO3/c1-4-16(20,12(2)10-18-11-14(19)9-17)13-6-5-7-15(8-13)21-3/h5-8,12,18,20H,4,9-11H2,1-3H3. The van der Waals surface area contributed by atoms with E-state index in [9.17, 15) is 9.90 Å². The molecule has 0 bridgehead atoms. The number of ketones is 1. The van der Waals surface area contributed by atoms with E-state index in [2.05, 4.69) is 5.32 Å². The number of nitrogens with one attached hydrogen (secondary N) is 1. The van der Waals surface area contributed by atoms with Crippen LogP contribution in [0.4, 0.5) is 0 Å². The number of methoxy groups -OCH3 is 1. The van der Waals surface area contributed by atoms with Gasteiger partial charge in [0.25, 0.3) is 0 Å². The van der Waals surface area contributed by atoms with E-state index in [1.54, 1.807) is 7.11 Å². The van der Waals surface area contributed by atoms with Gasteiger partial charge in [-0.2, -0.15) is 0 Å². The van der Waals surface area contributed by atoms with Crippen molar-refractivity contribution < 1.29 is 14.6 Å². The molecule has 0 amide bonds. The van der Waals surface area contributed by atoms with E-state index in [0.29, 0.717) is 13.0 Å². The van der Waals surface area contributed by atoms with Crippen molar-refractivity contribution in [3.05, 3.63) is 29.8 Å². The SMILES string of the molecule is CCC(O)(c1cccc(OC)c1)C(C)CNCC(=O)CCl. The third kappa shape index (κ3) is 4.70. The molecule has 5 heteroatoms. The number of rotatable bonds is 9. The van der Waals surface area contributed by atoms with Gasteiger partial charge in [0, 0.05) is 12.5 Å². The van der Waals surface area contributed by atoms with E-state index in [1.807, 2.05) is 38.1 Å². The zero-order valence-electron chi connectivity index (χ0n) is 12.9. The number of benzene rings is 1. The zero-order chi connectivity index (χ0) is 15.9. The monoisotopic (exact) mass is 313 g/mol. The van der Waals surface area contributed by atoms with Crippen LogP contribution in [0.2, 0.25) is 0 Å². The summed E-state index contributed by atoms with van der Waals surface area (Å²) in [5.41, 5.74) is -0.145. The molecular formula is C16H24ClNO3. The first-order valence-electron chi connectivity index (χ1n) is 7.13. The number of hydrogen-bond acceptors (Lipinski definition) is 4. The molecule has 1 aromatic carbocycles. The summed E-state index contributed by atoms with van der Waals surface area (Å²) in [6, 6.07) is 7.46. The van der Waals surface area contributed by atoms with Gasteiger partial charge in [-0.15, -0.1) is 11.6 Å². The normalized spacial score (nSPS) is 15.3. The molecule has 0 heterocycles. The van der Waals surface area contributed by atoms with Crippen LogP contribution in [0.5, 0.6) is 5.75 Å². The summed E-state index contributed by atoms with van der Waals surface area (Å²) < 4.78 is 5.22. The Bertz CT molecular complexity index is 467. The van der Waals surface area contributed by atoms with Crippen LogP contribution < -0.4 is 10.1 Å². The van der Waals surface area contributed by atoms with Gasteiger partial charge in [0.1, 0.15) is 5.75 Å². The maximum atomic E-state index is 11.2. The molecular weight excluding hydrogens is 290 g/mol. The Kier molecular flexibility index (Phi) is 7.15. The van der Waals surface area contributed by atoms with Gasteiger partial charge < -0.3 is 15.2 Å². The Balaban J connectivity index is 2.79. The van der Waals surface area contributed by atoms with E-state index in [0.717, 1.165) is 11.3 Å². The van der Waals surface area contributed by atoms with Crippen molar-refractivity contribution in [3.63, 3.8) is 0 Å². The van der Waals surface area contributed by atoms with E-state index in [1.165, 1.54) is 0 Å². The molecule has 1 rings (SSSR count). The quantitative estimate of drug-likeness (QED) is 0.687. The Morgan fingerprint density at radius 1 is 1.52 bits per heavy atom. The Morgan fingerprint density at radius 2 is 2.24 bits per heavy atom. The van der Waals surface area contributed by atoms with Gasteiger partial charge in [0.2, 0.25) is 0 Å². The van der Waals surface area contributed by atoms with Crippen LogP contribution >= 0.6 is 11.6 Å². The maximum absolute atomic E-state index is 11.2. The summed E-state index contributed by atoms with van der Waals surface area (Å²) >= 11 is 5.46. The molecule has 1 aromatic rings. The van der Waals surface area contributed by atoms with E-state index in [-0.39, 0.29) is 24.1 Å². The molecule has 2 atom stereocenters. The number of ether oxygens (including phenoxy) is 1. The average molecular weight is 314 g/mol. The summed E-state index contributed by atoms with van der Waals surface area (Å²) in [5, 5.41) is 14.0. The molecule has 21 heavy (non-hydrogen) atoms. The number of carbonyl (C=O) groups excluding carboxylic acids is 1. The summed E-state index contributed by atoms with van der Waals surface area (Å²) in [4.78, 5) is 11.2. The predicted octanol–water partition coefficient (Wildman–Crippen LogP) is 2.33. The highest BCUT2D eigenvalue weighted by Crippen LogP contribution is 2.34. The van der Waals surface area contributed by atoms with Crippen LogP contribution in [-0.4, -0.2) is 37.0 Å². The van der Waals surface area contributed by atoms with Crippen molar-refractivity contribution in [2.45, 2.75) is 25.9 Å². The van der Waals surface area contributed by atoms with Gasteiger partial charge in [-0.1, -0.05) is 26.0 Å². The van der Waals surface area contributed by atoms with Crippen molar-refractivity contribution in [1.82, 2.24) is 5.32 Å². The number of carbonyl (C=O) groups is 1. The molecule has 4 nitrogen and oxygen atoms in total. The first-order valence-corrected chi connectivity index (χ1v) is 7.66. The van der Waals surface area contributed by atoms with Crippen LogP contribution in [0.15, 0.2) is 24.3 Å². The zero-order valence-corrected chi connectivity index (χ0v) is 13.6.